The molecular formula is C20H30FN3O2. The lowest BCUT2D eigenvalue weighted by atomic mass is 9.96. The number of hydrogen-bond donors (Lipinski definition) is 1. The molecule has 5 nitrogen and oxygen atoms in total. The molecule has 26 heavy (non-hydrogen) atoms. The lowest BCUT2D eigenvalue weighted by Crippen LogP contribution is -2.43. The second kappa shape index (κ2) is 8.82. The largest absolute Gasteiger partial charge is 0.382 e. The summed E-state index contributed by atoms with van der Waals surface area (Å²) in [5.41, 5.74) is 1.35. The SMILES string of the molecule is CN=C(NCC1(c2ccc(F)cc2)CC1)N1CCC(COCCOC)C1. The van der Waals surface area contributed by atoms with Crippen LogP contribution in [0.5, 0.6) is 0 Å². The molecule has 1 saturated carbocycles. The van der Waals surface area contributed by atoms with Crippen molar-refractivity contribution < 1.29 is 13.9 Å². The van der Waals surface area contributed by atoms with E-state index in [4.69, 9.17) is 9.47 Å². The van der Waals surface area contributed by atoms with Crippen molar-refractivity contribution in [2.24, 2.45) is 10.9 Å². The monoisotopic (exact) mass is 363 g/mol. The number of aliphatic imine (C=N–C) groups is 1. The highest BCUT2D eigenvalue weighted by Gasteiger charge is 2.44. The number of guanidine groups is 1. The van der Waals surface area contributed by atoms with E-state index in [1.165, 1.54) is 5.56 Å². The number of nitrogens with zero attached hydrogens (tertiary/aromatic N) is 2. The number of rotatable bonds is 8. The summed E-state index contributed by atoms with van der Waals surface area (Å²) in [5.74, 6) is 1.32. The number of nitrogens with one attached hydrogen (secondary N) is 1. The topological polar surface area (TPSA) is 46.1 Å². The predicted octanol–water partition coefficient (Wildman–Crippen LogP) is 2.42. The molecule has 1 unspecified atom stereocenters. The fourth-order valence-electron chi connectivity index (χ4n) is 3.66. The van der Waals surface area contributed by atoms with Gasteiger partial charge in [0, 0.05) is 45.1 Å². The van der Waals surface area contributed by atoms with Crippen molar-refractivity contribution in [3.8, 4) is 0 Å². The maximum atomic E-state index is 13.2. The van der Waals surface area contributed by atoms with Crippen LogP contribution in [0.15, 0.2) is 29.3 Å². The quantitative estimate of drug-likeness (QED) is 0.438. The Morgan fingerprint density at radius 3 is 2.73 bits per heavy atom. The Kier molecular flexibility index (Phi) is 6.48. The van der Waals surface area contributed by atoms with E-state index in [9.17, 15) is 4.39 Å². The molecule has 1 atom stereocenters. The maximum absolute atomic E-state index is 13.2. The van der Waals surface area contributed by atoms with Gasteiger partial charge in [0.1, 0.15) is 5.82 Å². The van der Waals surface area contributed by atoms with Crippen LogP contribution < -0.4 is 5.32 Å². The average Bonchev–Trinajstić information content (AvgIpc) is 3.30. The summed E-state index contributed by atoms with van der Waals surface area (Å²) in [6.45, 7) is 4.89. The molecule has 0 radical (unpaired) electrons. The molecule has 6 heteroatoms. The maximum Gasteiger partial charge on any atom is 0.193 e. The summed E-state index contributed by atoms with van der Waals surface area (Å²) in [4.78, 5) is 6.77. The van der Waals surface area contributed by atoms with Gasteiger partial charge in [-0.2, -0.15) is 0 Å². The Morgan fingerprint density at radius 2 is 2.08 bits per heavy atom. The molecule has 1 aromatic rings. The highest BCUT2D eigenvalue weighted by atomic mass is 19.1. The standard InChI is InChI=1S/C20H30FN3O2/c1-22-19(24-10-7-16(13-24)14-26-12-11-25-2)23-15-20(8-9-20)17-3-5-18(21)6-4-17/h3-6,16H,7-15H2,1-2H3,(H,22,23). The average molecular weight is 363 g/mol. The van der Waals surface area contributed by atoms with Gasteiger partial charge < -0.3 is 19.7 Å². The van der Waals surface area contributed by atoms with Crippen LogP contribution in [0.25, 0.3) is 0 Å². The van der Waals surface area contributed by atoms with Gasteiger partial charge in [0.25, 0.3) is 0 Å². The van der Waals surface area contributed by atoms with Gasteiger partial charge in [0.05, 0.1) is 19.8 Å². The third-order valence-electron chi connectivity index (χ3n) is 5.48. The lowest BCUT2D eigenvalue weighted by Gasteiger charge is -2.24. The van der Waals surface area contributed by atoms with Gasteiger partial charge in [-0.15, -0.1) is 0 Å². The van der Waals surface area contributed by atoms with E-state index in [-0.39, 0.29) is 11.2 Å². The Hall–Kier alpha value is -1.66. The van der Waals surface area contributed by atoms with Crippen LogP contribution in [0.1, 0.15) is 24.8 Å². The van der Waals surface area contributed by atoms with E-state index < -0.39 is 0 Å². The molecule has 0 bridgehead atoms. The number of likely N-dealkylation sites (tertiary alicyclic amines) is 1. The van der Waals surface area contributed by atoms with Crippen LogP contribution in [-0.2, 0) is 14.9 Å². The fraction of sp³-hybridized carbons (Fsp3) is 0.650. The normalized spacial score (nSPS) is 21.9. The number of benzene rings is 1. The van der Waals surface area contributed by atoms with Crippen molar-refractivity contribution in [3.63, 3.8) is 0 Å². The summed E-state index contributed by atoms with van der Waals surface area (Å²) < 4.78 is 23.9. The molecule has 3 rings (SSSR count). The van der Waals surface area contributed by atoms with E-state index in [1.54, 1.807) is 19.2 Å². The first-order valence-electron chi connectivity index (χ1n) is 9.45. The van der Waals surface area contributed by atoms with Crippen molar-refractivity contribution in [1.29, 1.82) is 0 Å². The zero-order valence-electron chi connectivity index (χ0n) is 15.8. The van der Waals surface area contributed by atoms with E-state index in [1.807, 2.05) is 19.2 Å². The van der Waals surface area contributed by atoms with Crippen LogP contribution in [0.3, 0.4) is 0 Å². The van der Waals surface area contributed by atoms with Crippen molar-refractivity contribution in [2.45, 2.75) is 24.7 Å². The second-order valence-corrected chi connectivity index (χ2v) is 7.36. The Bertz CT molecular complexity index is 602. The van der Waals surface area contributed by atoms with Gasteiger partial charge >= 0.3 is 0 Å². The van der Waals surface area contributed by atoms with Gasteiger partial charge in [-0.1, -0.05) is 12.1 Å². The smallest absolute Gasteiger partial charge is 0.193 e. The molecule has 0 spiro atoms. The minimum atomic E-state index is -0.177. The molecule has 0 amide bonds. The predicted molar refractivity (Wildman–Crippen MR) is 101 cm³/mol. The first-order valence-corrected chi connectivity index (χ1v) is 9.45. The highest BCUT2D eigenvalue weighted by Crippen LogP contribution is 2.47. The Labute approximate surface area is 155 Å². The number of methoxy groups -OCH3 is 1. The second-order valence-electron chi connectivity index (χ2n) is 7.36. The molecule has 1 aliphatic heterocycles. The molecule has 1 aromatic carbocycles. The molecule has 1 N–H and O–H groups in total. The lowest BCUT2D eigenvalue weighted by molar-refractivity contribution is 0.0536. The summed E-state index contributed by atoms with van der Waals surface area (Å²) in [6, 6.07) is 6.93. The van der Waals surface area contributed by atoms with E-state index >= 15 is 0 Å². The van der Waals surface area contributed by atoms with Crippen LogP contribution in [0.4, 0.5) is 4.39 Å². The molecular weight excluding hydrogens is 333 g/mol. The van der Waals surface area contributed by atoms with Crippen molar-refractivity contribution in [3.05, 3.63) is 35.6 Å². The minimum Gasteiger partial charge on any atom is -0.382 e. The third kappa shape index (κ3) is 4.74. The van der Waals surface area contributed by atoms with Gasteiger partial charge in [0.2, 0.25) is 0 Å². The van der Waals surface area contributed by atoms with Gasteiger partial charge in [-0.25, -0.2) is 4.39 Å². The van der Waals surface area contributed by atoms with Crippen molar-refractivity contribution in [2.75, 3.05) is 53.6 Å². The van der Waals surface area contributed by atoms with Crippen LogP contribution in [0.2, 0.25) is 0 Å². The molecule has 2 aliphatic rings. The summed E-state index contributed by atoms with van der Waals surface area (Å²) in [5, 5.41) is 3.55. The van der Waals surface area contributed by atoms with E-state index in [0.717, 1.165) is 51.5 Å². The molecule has 1 saturated heterocycles. The van der Waals surface area contributed by atoms with Crippen LogP contribution in [-0.4, -0.2) is 64.5 Å². The van der Waals surface area contributed by atoms with Gasteiger partial charge in [-0.3, -0.25) is 4.99 Å². The number of ether oxygens (including phenoxy) is 2. The molecule has 0 aromatic heterocycles. The minimum absolute atomic E-state index is 0.131. The zero-order valence-corrected chi connectivity index (χ0v) is 15.8. The summed E-state index contributed by atoms with van der Waals surface area (Å²) in [6.07, 6.45) is 3.40. The first kappa shape index (κ1) is 19.1. The Morgan fingerprint density at radius 1 is 1.31 bits per heavy atom. The number of halogens is 1. The molecule has 144 valence electrons. The van der Waals surface area contributed by atoms with E-state index in [0.29, 0.717) is 19.1 Å². The van der Waals surface area contributed by atoms with Crippen molar-refractivity contribution in [1.82, 2.24) is 10.2 Å². The third-order valence-corrected chi connectivity index (χ3v) is 5.48. The van der Waals surface area contributed by atoms with Gasteiger partial charge in [0.15, 0.2) is 5.96 Å². The molecule has 2 fully saturated rings. The van der Waals surface area contributed by atoms with Gasteiger partial charge in [-0.05, 0) is 37.0 Å². The van der Waals surface area contributed by atoms with Crippen LogP contribution in [0, 0.1) is 11.7 Å². The fourth-order valence-corrected chi connectivity index (χ4v) is 3.66. The van der Waals surface area contributed by atoms with Crippen LogP contribution >= 0.6 is 0 Å². The first-order chi connectivity index (χ1) is 12.7. The van der Waals surface area contributed by atoms with E-state index in [2.05, 4.69) is 15.2 Å². The molecule has 1 heterocycles. The molecule has 1 aliphatic carbocycles. The zero-order chi connectivity index (χ0) is 18.4. The number of hydrogen-bond acceptors (Lipinski definition) is 3. The summed E-state index contributed by atoms with van der Waals surface area (Å²) in [7, 11) is 3.52. The van der Waals surface area contributed by atoms with Crippen molar-refractivity contribution >= 4 is 5.96 Å². The highest BCUT2D eigenvalue weighted by molar-refractivity contribution is 5.80. The Balaban J connectivity index is 1.47. The summed E-state index contributed by atoms with van der Waals surface area (Å²) >= 11 is 0.